The molecule has 6 nitrogen and oxygen atoms in total. The lowest BCUT2D eigenvalue weighted by molar-refractivity contribution is -0.143. The standard InChI is InChI=1S/C21H19BrN2O4/c22-15-4-5-16-13(7-15)8-18(28-21(16)27)20(26)23-9-12-6-14(11-23)17-2-1-3-19(25)24(17)10-12/h1-5,7,12,14,18H,6,8-11H2. The molecule has 5 rings (SSSR count). The number of aromatic nitrogens is 1. The Hall–Kier alpha value is -2.41. The van der Waals surface area contributed by atoms with Crippen LogP contribution in [0, 0.1) is 5.92 Å². The Morgan fingerprint density at radius 3 is 2.82 bits per heavy atom. The second kappa shape index (κ2) is 6.58. The van der Waals surface area contributed by atoms with E-state index in [-0.39, 0.29) is 23.3 Å². The SMILES string of the molecule is O=C1OC(C(=O)N2CC3CC(C2)c2cccc(=O)n2C3)Cc2cc(Br)ccc21. The van der Waals surface area contributed by atoms with E-state index in [0.717, 1.165) is 22.2 Å². The molecule has 1 saturated heterocycles. The van der Waals surface area contributed by atoms with E-state index < -0.39 is 12.1 Å². The molecular formula is C21H19BrN2O4. The molecule has 1 aromatic heterocycles. The van der Waals surface area contributed by atoms with E-state index in [1.54, 1.807) is 24.3 Å². The molecule has 1 amide bonds. The van der Waals surface area contributed by atoms with E-state index in [2.05, 4.69) is 15.9 Å². The summed E-state index contributed by atoms with van der Waals surface area (Å²) in [4.78, 5) is 39.5. The van der Waals surface area contributed by atoms with Crippen LogP contribution < -0.4 is 5.56 Å². The number of amides is 1. The maximum Gasteiger partial charge on any atom is 0.339 e. The van der Waals surface area contributed by atoms with Gasteiger partial charge in [-0.1, -0.05) is 22.0 Å². The highest BCUT2D eigenvalue weighted by Crippen LogP contribution is 2.36. The lowest BCUT2D eigenvalue weighted by Gasteiger charge is -2.43. The number of benzene rings is 1. The maximum atomic E-state index is 13.2. The molecule has 28 heavy (non-hydrogen) atoms. The number of rotatable bonds is 1. The molecule has 3 aliphatic rings. The van der Waals surface area contributed by atoms with Crippen molar-refractivity contribution in [2.45, 2.75) is 31.4 Å². The van der Waals surface area contributed by atoms with Crippen molar-refractivity contribution in [1.29, 1.82) is 0 Å². The monoisotopic (exact) mass is 442 g/mol. The zero-order valence-corrected chi connectivity index (χ0v) is 16.7. The number of hydrogen-bond acceptors (Lipinski definition) is 4. The number of halogens is 1. The van der Waals surface area contributed by atoms with Gasteiger partial charge in [-0.2, -0.15) is 0 Å². The Morgan fingerprint density at radius 1 is 1.11 bits per heavy atom. The molecule has 0 N–H and O–H groups in total. The summed E-state index contributed by atoms with van der Waals surface area (Å²) < 4.78 is 8.20. The van der Waals surface area contributed by atoms with Gasteiger partial charge in [0.25, 0.3) is 11.5 Å². The number of carbonyl (C=O) groups excluding carboxylic acids is 2. The van der Waals surface area contributed by atoms with E-state index in [1.807, 2.05) is 21.6 Å². The Morgan fingerprint density at radius 2 is 1.96 bits per heavy atom. The Kier molecular flexibility index (Phi) is 4.16. The van der Waals surface area contributed by atoms with Gasteiger partial charge in [0.15, 0.2) is 6.10 Å². The van der Waals surface area contributed by atoms with Gasteiger partial charge in [0, 0.05) is 48.2 Å². The summed E-state index contributed by atoms with van der Waals surface area (Å²) in [5.74, 6) is -0.191. The quantitative estimate of drug-likeness (QED) is 0.635. The number of piperidine rings is 1. The van der Waals surface area contributed by atoms with E-state index in [0.29, 0.717) is 31.6 Å². The summed E-state index contributed by atoms with van der Waals surface area (Å²) in [6.07, 6.45) is 0.584. The van der Waals surface area contributed by atoms with Crippen LogP contribution in [0.15, 0.2) is 45.7 Å². The van der Waals surface area contributed by atoms with Crippen LogP contribution in [-0.2, 0) is 22.5 Å². The number of carbonyl (C=O) groups is 2. The van der Waals surface area contributed by atoms with Gasteiger partial charge in [-0.3, -0.25) is 9.59 Å². The minimum atomic E-state index is -0.786. The van der Waals surface area contributed by atoms with Gasteiger partial charge in [-0.05, 0) is 42.2 Å². The van der Waals surface area contributed by atoms with Crippen LogP contribution in [0.3, 0.4) is 0 Å². The van der Waals surface area contributed by atoms with Crippen molar-refractivity contribution in [3.63, 3.8) is 0 Å². The van der Waals surface area contributed by atoms with Crippen LogP contribution in [0.1, 0.15) is 34.0 Å². The molecule has 3 atom stereocenters. The molecule has 1 aromatic carbocycles. The van der Waals surface area contributed by atoms with E-state index >= 15 is 0 Å². The van der Waals surface area contributed by atoms with Crippen molar-refractivity contribution in [2.24, 2.45) is 5.92 Å². The minimum Gasteiger partial charge on any atom is -0.448 e. The number of cyclic esters (lactones) is 1. The number of likely N-dealkylation sites (tertiary alicyclic amines) is 1. The molecule has 4 heterocycles. The lowest BCUT2D eigenvalue weighted by Crippen LogP contribution is -2.53. The normalized spacial score (nSPS) is 25.5. The highest BCUT2D eigenvalue weighted by Gasteiger charge is 2.40. The molecule has 0 radical (unpaired) electrons. The molecule has 3 unspecified atom stereocenters. The van der Waals surface area contributed by atoms with E-state index in [4.69, 9.17) is 4.74 Å². The largest absolute Gasteiger partial charge is 0.448 e. The van der Waals surface area contributed by atoms with E-state index in [9.17, 15) is 14.4 Å². The molecule has 144 valence electrons. The summed E-state index contributed by atoms with van der Waals surface area (Å²) in [5.41, 5.74) is 2.38. The van der Waals surface area contributed by atoms with Crippen molar-refractivity contribution < 1.29 is 14.3 Å². The van der Waals surface area contributed by atoms with Crippen LogP contribution in [0.4, 0.5) is 0 Å². The number of hydrogen-bond donors (Lipinski definition) is 0. The second-order valence-corrected chi connectivity index (χ2v) is 8.76. The lowest BCUT2D eigenvalue weighted by atomic mass is 9.83. The third kappa shape index (κ3) is 2.89. The molecule has 2 bridgehead atoms. The zero-order valence-electron chi connectivity index (χ0n) is 15.1. The smallest absolute Gasteiger partial charge is 0.339 e. The topological polar surface area (TPSA) is 68.6 Å². The fourth-order valence-corrected chi connectivity index (χ4v) is 5.19. The minimum absolute atomic E-state index is 0.0235. The van der Waals surface area contributed by atoms with Crippen molar-refractivity contribution in [1.82, 2.24) is 9.47 Å². The second-order valence-electron chi connectivity index (χ2n) is 7.84. The van der Waals surface area contributed by atoms with Crippen molar-refractivity contribution in [2.75, 3.05) is 13.1 Å². The average molecular weight is 443 g/mol. The summed E-state index contributed by atoms with van der Waals surface area (Å²) in [6.45, 7) is 1.78. The molecule has 0 aliphatic carbocycles. The summed E-state index contributed by atoms with van der Waals surface area (Å²) in [7, 11) is 0. The number of ether oxygens (including phenoxy) is 1. The van der Waals surface area contributed by atoms with Gasteiger partial charge in [-0.25, -0.2) is 4.79 Å². The molecule has 2 aromatic rings. The third-order valence-corrected chi connectivity index (χ3v) is 6.50. The average Bonchev–Trinajstić information content (AvgIpc) is 2.67. The fourth-order valence-electron chi connectivity index (χ4n) is 4.78. The van der Waals surface area contributed by atoms with Gasteiger partial charge in [-0.15, -0.1) is 0 Å². The first-order valence-electron chi connectivity index (χ1n) is 9.47. The molecule has 0 spiro atoms. The third-order valence-electron chi connectivity index (χ3n) is 6.01. The number of pyridine rings is 1. The van der Waals surface area contributed by atoms with Gasteiger partial charge in [0.1, 0.15) is 0 Å². The number of esters is 1. The first-order valence-corrected chi connectivity index (χ1v) is 10.3. The highest BCUT2D eigenvalue weighted by molar-refractivity contribution is 9.10. The molecular weight excluding hydrogens is 424 g/mol. The molecule has 7 heteroatoms. The van der Waals surface area contributed by atoms with Crippen LogP contribution in [-0.4, -0.2) is 40.5 Å². The van der Waals surface area contributed by atoms with Crippen molar-refractivity contribution >= 4 is 27.8 Å². The molecule has 0 saturated carbocycles. The summed E-state index contributed by atoms with van der Waals surface area (Å²) in [6, 6.07) is 10.8. The van der Waals surface area contributed by atoms with Gasteiger partial charge in [0.05, 0.1) is 5.56 Å². The molecule has 3 aliphatic heterocycles. The van der Waals surface area contributed by atoms with Crippen LogP contribution in [0.2, 0.25) is 0 Å². The van der Waals surface area contributed by atoms with Crippen LogP contribution >= 0.6 is 15.9 Å². The van der Waals surface area contributed by atoms with Crippen molar-refractivity contribution in [3.05, 3.63) is 68.0 Å². The molecule has 1 fully saturated rings. The first-order chi connectivity index (χ1) is 13.5. The Bertz CT molecular complexity index is 1050. The van der Waals surface area contributed by atoms with Crippen molar-refractivity contribution in [3.8, 4) is 0 Å². The van der Waals surface area contributed by atoms with Gasteiger partial charge in [0.2, 0.25) is 0 Å². The Balaban J connectivity index is 1.39. The van der Waals surface area contributed by atoms with E-state index in [1.165, 1.54) is 0 Å². The predicted molar refractivity (Wildman–Crippen MR) is 105 cm³/mol. The highest BCUT2D eigenvalue weighted by atomic mass is 79.9. The Labute approximate surface area is 170 Å². The summed E-state index contributed by atoms with van der Waals surface area (Å²) >= 11 is 3.42. The van der Waals surface area contributed by atoms with Gasteiger partial charge >= 0.3 is 5.97 Å². The first kappa shape index (κ1) is 17.7. The number of nitrogens with zero attached hydrogens (tertiary/aromatic N) is 2. The zero-order chi connectivity index (χ0) is 19.4. The van der Waals surface area contributed by atoms with Crippen LogP contribution in [0.25, 0.3) is 0 Å². The predicted octanol–water partition coefficient (Wildman–Crippen LogP) is 2.34. The van der Waals surface area contributed by atoms with Crippen LogP contribution in [0.5, 0.6) is 0 Å². The maximum absolute atomic E-state index is 13.2. The van der Waals surface area contributed by atoms with Gasteiger partial charge < -0.3 is 14.2 Å². The number of fused-ring (bicyclic) bond motifs is 5. The summed E-state index contributed by atoms with van der Waals surface area (Å²) in [5, 5.41) is 0. The fraction of sp³-hybridized carbons (Fsp3) is 0.381.